The average molecular weight is 1080 g/mol. The molecule has 1 saturated heterocycles. The first-order valence-corrected chi connectivity index (χ1v) is 26.8. The highest BCUT2D eigenvalue weighted by Gasteiger charge is 2.36. The second-order valence-electron chi connectivity index (χ2n) is 20.0. The summed E-state index contributed by atoms with van der Waals surface area (Å²) in [5.74, 6) is -7.54. The summed E-state index contributed by atoms with van der Waals surface area (Å²) in [5, 5.41) is 44.9. The van der Waals surface area contributed by atoms with Crippen LogP contribution in [0.25, 0.3) is 0 Å². The van der Waals surface area contributed by atoms with Gasteiger partial charge in [-0.1, -0.05) is 44.2 Å². The van der Waals surface area contributed by atoms with Gasteiger partial charge >= 0.3 is 0 Å². The SMILES string of the molecule is CC(C)CC1NC(=O)C(Cc2ccccc2)NC(=O)[C@H](CCCCN)NC(=O)C(NC(=O)[C@H](CCCCN)NC(=O)[C@@H](N)[C@@H](C)O)CCNC(=O)[C@H]([C@@H](C)O)NC(=O)[C@H](CCCCN)NC(=O)C(CCCCN)NC1=O. The fourth-order valence-electron chi connectivity index (χ4n) is 8.31. The van der Waals surface area contributed by atoms with Gasteiger partial charge in [0.05, 0.1) is 12.2 Å². The topological polar surface area (TPSA) is 432 Å². The molecule has 0 radical (unpaired) electrons. The van der Waals surface area contributed by atoms with E-state index in [-0.39, 0.29) is 77.0 Å². The van der Waals surface area contributed by atoms with E-state index in [9.17, 15) is 53.4 Å². The molecule has 11 atom stereocenters. The van der Waals surface area contributed by atoms with E-state index in [0.29, 0.717) is 63.5 Å². The van der Waals surface area contributed by atoms with Gasteiger partial charge in [0.15, 0.2) is 0 Å². The lowest BCUT2D eigenvalue weighted by molar-refractivity contribution is -0.136. The van der Waals surface area contributed by atoms with Crippen molar-refractivity contribution in [3.8, 4) is 0 Å². The Balaban J connectivity index is 2.85. The molecule has 2 rings (SSSR count). The van der Waals surface area contributed by atoms with Gasteiger partial charge in [-0.3, -0.25) is 43.2 Å². The molecule has 0 bridgehead atoms. The van der Waals surface area contributed by atoms with E-state index in [4.69, 9.17) is 28.7 Å². The van der Waals surface area contributed by atoms with E-state index in [1.807, 2.05) is 13.8 Å². The first-order chi connectivity index (χ1) is 36.2. The maximum absolute atomic E-state index is 14.5. The standard InChI is InChI=1S/C51H90N14O11/c1-30(2)28-39-48(73)60-34(18-8-12-23-52)43(68)59-37(21-11-15-26-55)47(72)65-42(32(4)67)51(76)57-27-22-38(61-44(69)36(20-10-14-25-54)62-50(75)41(56)31(3)66)46(71)58-35(19-9-13-24-53)45(70)64-40(49(74)63-39)29-33-16-6-5-7-17-33/h5-7,16-17,30-32,34-42,66-67H,8-15,18-29,52-56H2,1-4H3,(H,57,76)(H,58,71)(H,59,68)(H,60,73)(H,61,69)(H,62,75)(H,63,74)(H,64,70)(H,65,72)/t31-,32-,34?,35+,36+,37+,38?,39?,40?,41+,42+/m1/s1. The third kappa shape index (κ3) is 24.4. The molecule has 1 fully saturated rings. The minimum Gasteiger partial charge on any atom is -0.391 e. The van der Waals surface area contributed by atoms with Crippen molar-refractivity contribution in [1.82, 2.24) is 47.9 Å². The molecule has 1 aliphatic rings. The predicted molar refractivity (Wildman–Crippen MR) is 286 cm³/mol. The molecule has 1 aliphatic heterocycles. The number of nitrogens with one attached hydrogen (secondary N) is 9. The summed E-state index contributed by atoms with van der Waals surface area (Å²) in [5.41, 5.74) is 29.6. The van der Waals surface area contributed by atoms with Gasteiger partial charge in [0.2, 0.25) is 53.2 Å². The van der Waals surface area contributed by atoms with Gasteiger partial charge in [-0.25, -0.2) is 0 Å². The number of aliphatic hydroxyl groups excluding tert-OH is 2. The molecule has 4 unspecified atom stereocenters. The van der Waals surface area contributed by atoms with Gasteiger partial charge in [0, 0.05) is 13.0 Å². The summed E-state index contributed by atoms with van der Waals surface area (Å²) >= 11 is 0. The van der Waals surface area contributed by atoms with Gasteiger partial charge in [0.25, 0.3) is 0 Å². The Morgan fingerprint density at radius 2 is 1.03 bits per heavy atom. The van der Waals surface area contributed by atoms with Gasteiger partial charge in [-0.05, 0) is 141 Å². The lowest BCUT2D eigenvalue weighted by Gasteiger charge is -2.29. The van der Waals surface area contributed by atoms with Crippen LogP contribution in [0, 0.1) is 5.92 Å². The highest BCUT2D eigenvalue weighted by Crippen LogP contribution is 2.13. The Labute approximate surface area is 447 Å². The van der Waals surface area contributed by atoms with Crippen LogP contribution in [-0.2, 0) is 49.6 Å². The van der Waals surface area contributed by atoms with Crippen molar-refractivity contribution in [2.24, 2.45) is 34.6 Å². The van der Waals surface area contributed by atoms with Crippen LogP contribution in [0.4, 0.5) is 0 Å². The molecule has 0 saturated carbocycles. The molecule has 25 nitrogen and oxygen atoms in total. The van der Waals surface area contributed by atoms with Gasteiger partial charge in [-0.15, -0.1) is 0 Å². The van der Waals surface area contributed by atoms with Crippen LogP contribution < -0.4 is 76.5 Å². The van der Waals surface area contributed by atoms with E-state index in [1.165, 1.54) is 13.8 Å². The zero-order valence-corrected chi connectivity index (χ0v) is 44.9. The fraction of sp³-hybridized carbons (Fsp3) is 0.706. The maximum atomic E-state index is 14.5. The van der Waals surface area contributed by atoms with E-state index < -0.39 is 120 Å². The van der Waals surface area contributed by atoms with Crippen molar-refractivity contribution in [1.29, 1.82) is 0 Å². The molecule has 0 aromatic heterocycles. The minimum atomic E-state index is -1.61. The first kappa shape index (κ1) is 66.3. The molecule has 430 valence electrons. The predicted octanol–water partition coefficient (Wildman–Crippen LogP) is -3.72. The van der Waals surface area contributed by atoms with Crippen molar-refractivity contribution in [2.75, 3.05) is 32.7 Å². The van der Waals surface area contributed by atoms with Crippen LogP contribution in [0.2, 0.25) is 0 Å². The zero-order valence-electron chi connectivity index (χ0n) is 44.9. The molecular formula is C51H90N14O11. The minimum absolute atomic E-state index is 0.00975. The normalized spacial score (nSPS) is 23.5. The van der Waals surface area contributed by atoms with Gasteiger partial charge < -0.3 is 86.7 Å². The first-order valence-electron chi connectivity index (χ1n) is 26.8. The molecule has 1 aromatic rings. The number of nitrogens with two attached hydrogens (primary N) is 5. The number of rotatable bonds is 26. The molecule has 9 amide bonds. The molecule has 25 heteroatoms. The summed E-state index contributed by atoms with van der Waals surface area (Å²) in [7, 11) is 0. The number of unbranched alkanes of at least 4 members (excludes halogenated alkanes) is 4. The summed E-state index contributed by atoms with van der Waals surface area (Å²) in [6, 6.07) is -3.50. The number of benzene rings is 1. The van der Waals surface area contributed by atoms with Crippen LogP contribution in [0.15, 0.2) is 30.3 Å². The van der Waals surface area contributed by atoms with Crippen LogP contribution in [0.3, 0.4) is 0 Å². The van der Waals surface area contributed by atoms with E-state index in [0.717, 1.165) is 0 Å². The Kier molecular flexibility index (Phi) is 31.6. The molecule has 1 aromatic carbocycles. The number of aliphatic hydroxyl groups is 2. The molecular weight excluding hydrogens is 985 g/mol. The summed E-state index contributed by atoms with van der Waals surface area (Å²) in [6.07, 6.45) is 0.411. The van der Waals surface area contributed by atoms with Crippen molar-refractivity contribution >= 4 is 53.2 Å². The average Bonchev–Trinajstić information content (AvgIpc) is 3.37. The Bertz CT molecular complexity index is 1980. The van der Waals surface area contributed by atoms with Crippen LogP contribution in [0.1, 0.15) is 123 Å². The quantitative estimate of drug-likeness (QED) is 0.0397. The van der Waals surface area contributed by atoms with E-state index in [2.05, 4.69) is 47.9 Å². The number of hydrogen-bond acceptors (Lipinski definition) is 16. The molecule has 0 spiro atoms. The second-order valence-corrected chi connectivity index (χ2v) is 20.0. The third-order valence-electron chi connectivity index (χ3n) is 12.8. The lowest BCUT2D eigenvalue weighted by atomic mass is 9.99. The molecule has 21 N–H and O–H groups in total. The number of carbonyl (C=O) groups excluding carboxylic acids is 9. The number of amides is 9. The maximum Gasteiger partial charge on any atom is 0.245 e. The second kappa shape index (κ2) is 36.2. The smallest absolute Gasteiger partial charge is 0.245 e. The van der Waals surface area contributed by atoms with Crippen molar-refractivity contribution in [3.05, 3.63) is 35.9 Å². The molecule has 0 aliphatic carbocycles. The molecule has 76 heavy (non-hydrogen) atoms. The number of carbonyl (C=O) groups is 9. The van der Waals surface area contributed by atoms with Crippen LogP contribution >= 0.6 is 0 Å². The lowest BCUT2D eigenvalue weighted by Crippen LogP contribution is -2.61. The molecule has 1 heterocycles. The van der Waals surface area contributed by atoms with E-state index in [1.54, 1.807) is 30.3 Å². The fourth-order valence-corrected chi connectivity index (χ4v) is 8.31. The number of hydrogen-bond donors (Lipinski definition) is 16. The van der Waals surface area contributed by atoms with Gasteiger partial charge in [-0.2, -0.15) is 0 Å². The van der Waals surface area contributed by atoms with Crippen LogP contribution in [0.5, 0.6) is 0 Å². The zero-order chi connectivity index (χ0) is 56.7. The largest absolute Gasteiger partial charge is 0.391 e. The summed E-state index contributed by atoms with van der Waals surface area (Å²) in [4.78, 5) is 127. The van der Waals surface area contributed by atoms with Crippen molar-refractivity contribution < 1.29 is 53.4 Å². The Hall–Kier alpha value is -5.83. The summed E-state index contributed by atoms with van der Waals surface area (Å²) in [6.45, 7) is 6.93. The highest BCUT2D eigenvalue weighted by atomic mass is 16.3. The summed E-state index contributed by atoms with van der Waals surface area (Å²) < 4.78 is 0. The monoisotopic (exact) mass is 1070 g/mol. The highest BCUT2D eigenvalue weighted by molar-refractivity contribution is 5.98. The van der Waals surface area contributed by atoms with Crippen molar-refractivity contribution in [3.63, 3.8) is 0 Å². The van der Waals surface area contributed by atoms with Crippen LogP contribution in [-0.4, -0.2) is 163 Å². The van der Waals surface area contributed by atoms with Crippen molar-refractivity contribution in [2.45, 2.75) is 191 Å². The van der Waals surface area contributed by atoms with E-state index >= 15 is 0 Å². The van der Waals surface area contributed by atoms with Gasteiger partial charge in [0.1, 0.15) is 54.4 Å². The third-order valence-corrected chi connectivity index (χ3v) is 12.8. The Morgan fingerprint density at radius 3 is 1.51 bits per heavy atom. The Morgan fingerprint density at radius 1 is 0.579 bits per heavy atom.